The Bertz CT molecular complexity index is 1090. The lowest BCUT2D eigenvalue weighted by molar-refractivity contribution is 0.216. The summed E-state index contributed by atoms with van der Waals surface area (Å²) in [6.07, 6.45) is 2.99. The van der Waals surface area contributed by atoms with Crippen molar-refractivity contribution in [3.8, 4) is 17.0 Å². The van der Waals surface area contributed by atoms with Crippen LogP contribution in [0.3, 0.4) is 0 Å². The van der Waals surface area contributed by atoms with Gasteiger partial charge in [0, 0.05) is 36.0 Å². The number of nitrogens with zero attached hydrogens (tertiary/aromatic N) is 3. The molecule has 5 rings (SSSR count). The molecule has 1 spiro atoms. The molecule has 0 saturated carbocycles. The highest BCUT2D eigenvalue weighted by Crippen LogP contribution is 2.41. The first kappa shape index (κ1) is 21.5. The van der Waals surface area contributed by atoms with Gasteiger partial charge in [0.05, 0.1) is 11.3 Å². The predicted molar refractivity (Wildman–Crippen MR) is 116 cm³/mol. The molecule has 1 aromatic carbocycles. The van der Waals surface area contributed by atoms with Gasteiger partial charge in [-0.15, -0.1) is 12.4 Å². The average Bonchev–Trinajstić information content (AvgIpc) is 3.42. The Morgan fingerprint density at radius 1 is 1.23 bits per heavy atom. The summed E-state index contributed by atoms with van der Waals surface area (Å²) in [4.78, 5) is 4.22. The SMILES string of the molecule is CC(Oc1cc(-c2cc3n(n2)CC[C@@]32CCNC2)cnc1N)c1c(F)cccc1F.Cl. The number of nitrogens with two attached hydrogens (primary N) is 1. The minimum absolute atomic E-state index is 0. The summed E-state index contributed by atoms with van der Waals surface area (Å²) in [5.74, 6) is -0.893. The van der Waals surface area contributed by atoms with Crippen molar-refractivity contribution in [1.29, 1.82) is 0 Å². The highest BCUT2D eigenvalue weighted by Gasteiger charge is 2.42. The molecule has 0 radical (unpaired) electrons. The molecule has 0 aliphatic carbocycles. The van der Waals surface area contributed by atoms with Crippen LogP contribution in [0.25, 0.3) is 11.3 Å². The Balaban J connectivity index is 0.00000231. The summed E-state index contributed by atoms with van der Waals surface area (Å²) >= 11 is 0. The molecule has 1 saturated heterocycles. The number of aryl methyl sites for hydroxylation is 1. The highest BCUT2D eigenvalue weighted by atomic mass is 35.5. The number of nitrogens with one attached hydrogen (secondary N) is 1. The number of benzene rings is 1. The van der Waals surface area contributed by atoms with Gasteiger partial charge in [-0.1, -0.05) is 6.07 Å². The first-order chi connectivity index (χ1) is 14.5. The number of rotatable bonds is 4. The van der Waals surface area contributed by atoms with E-state index in [0.717, 1.165) is 43.7 Å². The maximum Gasteiger partial charge on any atom is 0.166 e. The van der Waals surface area contributed by atoms with Gasteiger partial charge in [0.15, 0.2) is 11.6 Å². The fourth-order valence-electron chi connectivity index (χ4n) is 4.62. The number of hydrogen-bond donors (Lipinski definition) is 2. The number of hydrogen-bond acceptors (Lipinski definition) is 5. The zero-order valence-corrected chi connectivity index (χ0v) is 17.9. The lowest BCUT2D eigenvalue weighted by Crippen LogP contribution is -2.25. The molecule has 3 N–H and O–H groups in total. The van der Waals surface area contributed by atoms with Crippen molar-refractivity contribution in [2.24, 2.45) is 0 Å². The molecule has 0 amide bonds. The third-order valence-corrected chi connectivity index (χ3v) is 6.26. The van der Waals surface area contributed by atoms with E-state index in [1.807, 2.05) is 0 Å². The normalized spacial score (nSPS) is 20.5. The second-order valence-corrected chi connectivity index (χ2v) is 8.10. The minimum atomic E-state index is -0.870. The summed E-state index contributed by atoms with van der Waals surface area (Å²) in [7, 11) is 0. The van der Waals surface area contributed by atoms with Crippen LogP contribution in [0, 0.1) is 11.6 Å². The van der Waals surface area contributed by atoms with Crippen molar-refractivity contribution in [2.75, 3.05) is 18.8 Å². The van der Waals surface area contributed by atoms with Gasteiger partial charge in [0.1, 0.15) is 17.7 Å². The minimum Gasteiger partial charge on any atom is -0.482 e. The van der Waals surface area contributed by atoms with E-state index in [-0.39, 0.29) is 35.0 Å². The van der Waals surface area contributed by atoms with E-state index in [4.69, 9.17) is 15.6 Å². The Labute approximate surface area is 185 Å². The van der Waals surface area contributed by atoms with Crippen LogP contribution in [-0.4, -0.2) is 27.9 Å². The van der Waals surface area contributed by atoms with Crippen molar-refractivity contribution in [1.82, 2.24) is 20.1 Å². The van der Waals surface area contributed by atoms with Crippen LogP contribution >= 0.6 is 12.4 Å². The Hall–Kier alpha value is -2.71. The van der Waals surface area contributed by atoms with Gasteiger partial charge in [-0.2, -0.15) is 5.10 Å². The van der Waals surface area contributed by atoms with Crippen molar-refractivity contribution in [2.45, 2.75) is 37.8 Å². The topological polar surface area (TPSA) is 78.0 Å². The third kappa shape index (κ3) is 3.64. The molecule has 6 nitrogen and oxygen atoms in total. The number of halogens is 3. The summed E-state index contributed by atoms with van der Waals surface area (Å²) in [5, 5.41) is 8.21. The second kappa shape index (κ2) is 8.09. The van der Waals surface area contributed by atoms with Gasteiger partial charge >= 0.3 is 0 Å². The molecule has 1 fully saturated rings. The average molecular weight is 448 g/mol. The lowest BCUT2D eigenvalue weighted by atomic mass is 9.82. The number of aromatic nitrogens is 3. The molecule has 2 aliphatic heterocycles. The quantitative estimate of drug-likeness (QED) is 0.632. The smallest absolute Gasteiger partial charge is 0.166 e. The van der Waals surface area contributed by atoms with Crippen LogP contribution in [0.4, 0.5) is 14.6 Å². The van der Waals surface area contributed by atoms with Crippen LogP contribution in [-0.2, 0) is 12.0 Å². The first-order valence-corrected chi connectivity index (χ1v) is 10.1. The fraction of sp³-hybridized carbons (Fsp3) is 0.364. The fourth-order valence-corrected chi connectivity index (χ4v) is 4.62. The van der Waals surface area contributed by atoms with E-state index in [1.165, 1.54) is 23.9 Å². The number of ether oxygens (including phenoxy) is 1. The summed E-state index contributed by atoms with van der Waals surface area (Å²) in [5.41, 5.74) is 8.78. The van der Waals surface area contributed by atoms with Crippen molar-refractivity contribution in [3.63, 3.8) is 0 Å². The van der Waals surface area contributed by atoms with E-state index in [9.17, 15) is 8.78 Å². The van der Waals surface area contributed by atoms with E-state index >= 15 is 0 Å². The highest BCUT2D eigenvalue weighted by molar-refractivity contribution is 5.85. The van der Waals surface area contributed by atoms with E-state index < -0.39 is 17.7 Å². The summed E-state index contributed by atoms with van der Waals surface area (Å²) in [6.45, 7) is 4.46. The van der Waals surface area contributed by atoms with Crippen LogP contribution in [0.1, 0.15) is 37.1 Å². The van der Waals surface area contributed by atoms with Crippen LogP contribution < -0.4 is 15.8 Å². The molecule has 1 unspecified atom stereocenters. The Kier molecular flexibility index (Phi) is 5.61. The molecule has 164 valence electrons. The van der Waals surface area contributed by atoms with E-state index in [1.54, 1.807) is 19.2 Å². The largest absolute Gasteiger partial charge is 0.482 e. The summed E-state index contributed by atoms with van der Waals surface area (Å²) in [6, 6.07) is 7.57. The Morgan fingerprint density at radius 3 is 2.71 bits per heavy atom. The number of nitrogen functional groups attached to an aromatic ring is 1. The van der Waals surface area contributed by atoms with E-state index in [2.05, 4.69) is 21.0 Å². The molecule has 9 heteroatoms. The predicted octanol–water partition coefficient (Wildman–Crippen LogP) is 4.00. The third-order valence-electron chi connectivity index (χ3n) is 6.26. The van der Waals surface area contributed by atoms with Gasteiger partial charge in [-0.05, 0) is 50.6 Å². The number of pyridine rings is 1. The first-order valence-electron chi connectivity index (χ1n) is 10.1. The molecule has 0 bridgehead atoms. The lowest BCUT2D eigenvalue weighted by Gasteiger charge is -2.20. The van der Waals surface area contributed by atoms with Gasteiger partial charge in [-0.3, -0.25) is 4.68 Å². The molecular weight excluding hydrogens is 424 g/mol. The van der Waals surface area contributed by atoms with Crippen LogP contribution in [0.5, 0.6) is 5.75 Å². The zero-order valence-electron chi connectivity index (χ0n) is 17.1. The maximum atomic E-state index is 14.1. The molecule has 2 aliphatic rings. The zero-order chi connectivity index (χ0) is 20.9. The number of anilines is 1. The van der Waals surface area contributed by atoms with Gasteiger partial charge < -0.3 is 15.8 Å². The Morgan fingerprint density at radius 2 is 2.00 bits per heavy atom. The molecule has 4 heterocycles. The molecular formula is C22H24ClF2N5O. The molecule has 2 aromatic heterocycles. The van der Waals surface area contributed by atoms with Gasteiger partial charge in [0.25, 0.3) is 0 Å². The molecule has 2 atom stereocenters. The van der Waals surface area contributed by atoms with E-state index in [0.29, 0.717) is 0 Å². The maximum absolute atomic E-state index is 14.1. The summed E-state index contributed by atoms with van der Waals surface area (Å²) < 4.78 is 36.1. The van der Waals surface area contributed by atoms with Gasteiger partial charge in [-0.25, -0.2) is 13.8 Å². The second-order valence-electron chi connectivity index (χ2n) is 8.10. The van der Waals surface area contributed by atoms with Crippen molar-refractivity contribution < 1.29 is 13.5 Å². The standard InChI is InChI=1S/C22H23F2N5O.ClH/c1-13(20-15(23)3-2-4-16(20)24)30-18-9-14(11-27-21(18)25)17-10-19-22(5-7-26-12-22)6-8-29(19)28-17;/h2-4,9-11,13,26H,5-8,12H2,1H3,(H2,25,27);1H/t13?,22-;/m1./s1. The number of fused-ring (bicyclic) bond motifs is 2. The monoisotopic (exact) mass is 447 g/mol. The molecule has 31 heavy (non-hydrogen) atoms. The molecule has 3 aromatic rings. The van der Waals surface area contributed by atoms with Crippen molar-refractivity contribution >= 4 is 18.2 Å². The van der Waals surface area contributed by atoms with Crippen LogP contribution in [0.2, 0.25) is 0 Å². The van der Waals surface area contributed by atoms with Gasteiger partial charge in [0.2, 0.25) is 0 Å². The van der Waals surface area contributed by atoms with Crippen LogP contribution in [0.15, 0.2) is 36.5 Å². The van der Waals surface area contributed by atoms with Crippen molar-refractivity contribution in [3.05, 3.63) is 59.4 Å².